The molecule has 0 aliphatic carbocycles. The number of nitrogens with one attached hydrogen (secondary N) is 1. The second-order valence-electron chi connectivity index (χ2n) is 1.95. The van der Waals surface area contributed by atoms with Crippen molar-refractivity contribution >= 4 is 0 Å². The molecule has 3 heteroatoms. The normalized spacial score (nSPS) is 38.2. The molecule has 50 valence electrons. The first kappa shape index (κ1) is 5.98. The minimum absolute atomic E-state index is 0. The second-order valence-corrected chi connectivity index (χ2v) is 1.95. The summed E-state index contributed by atoms with van der Waals surface area (Å²) < 4.78 is 17.2. The first-order valence-corrected chi connectivity index (χ1v) is 2.72. The molecule has 0 aromatic heterocycles. The topological polar surface area (TPSA) is 21.3 Å². The van der Waals surface area contributed by atoms with Gasteiger partial charge in [0.1, 0.15) is 12.3 Å². The number of hydrogen-bond donors (Lipinski definition) is 1. The van der Waals surface area contributed by atoms with Crippen LogP contribution in [-0.2, 0) is 4.74 Å². The standard InChI is InChI=1S/C5H10FNO.H2/c1-8-5-3-7-2-4(5)6;/h4-5,7H,2-3H2,1H3;1H/t4-,5-;/m1./s1. The van der Waals surface area contributed by atoms with Crippen LogP contribution in [0.2, 0.25) is 0 Å². The Balaban J connectivity index is 0.000000640. The van der Waals surface area contributed by atoms with E-state index in [-0.39, 0.29) is 7.53 Å². The molecule has 0 aromatic carbocycles. The van der Waals surface area contributed by atoms with Gasteiger partial charge >= 0.3 is 0 Å². The van der Waals surface area contributed by atoms with Crippen LogP contribution in [0.25, 0.3) is 0 Å². The van der Waals surface area contributed by atoms with Crippen LogP contribution >= 0.6 is 0 Å². The van der Waals surface area contributed by atoms with Crippen molar-refractivity contribution in [2.45, 2.75) is 12.3 Å². The van der Waals surface area contributed by atoms with E-state index in [0.717, 1.165) is 0 Å². The molecule has 2 atom stereocenters. The van der Waals surface area contributed by atoms with E-state index >= 15 is 0 Å². The highest BCUT2D eigenvalue weighted by molar-refractivity contribution is 4.80. The van der Waals surface area contributed by atoms with Crippen molar-refractivity contribution in [2.75, 3.05) is 20.2 Å². The van der Waals surface area contributed by atoms with Gasteiger partial charge in [-0.2, -0.15) is 0 Å². The van der Waals surface area contributed by atoms with Crippen LogP contribution in [0.3, 0.4) is 0 Å². The molecule has 0 unspecified atom stereocenters. The largest absolute Gasteiger partial charge is 0.377 e. The number of ether oxygens (including phenoxy) is 1. The Labute approximate surface area is 49.5 Å². The Bertz CT molecular complexity index is 83.4. The molecule has 1 saturated heterocycles. The molecular weight excluding hydrogens is 109 g/mol. The van der Waals surface area contributed by atoms with Crippen molar-refractivity contribution < 1.29 is 10.6 Å². The fraction of sp³-hybridized carbons (Fsp3) is 1.00. The molecular formula is C5H12FNO. The molecule has 0 bridgehead atoms. The lowest BCUT2D eigenvalue weighted by Crippen LogP contribution is -2.21. The molecule has 0 saturated carbocycles. The van der Waals surface area contributed by atoms with E-state index in [1.54, 1.807) is 0 Å². The predicted molar refractivity (Wildman–Crippen MR) is 30.7 cm³/mol. The third-order valence-electron chi connectivity index (χ3n) is 1.39. The van der Waals surface area contributed by atoms with Crippen molar-refractivity contribution in [3.8, 4) is 0 Å². The molecule has 2 nitrogen and oxygen atoms in total. The molecule has 1 N–H and O–H groups in total. The molecule has 8 heavy (non-hydrogen) atoms. The van der Waals surface area contributed by atoms with Crippen LogP contribution in [0.4, 0.5) is 4.39 Å². The first-order chi connectivity index (χ1) is 3.84. The number of methoxy groups -OCH3 is 1. The molecule has 0 radical (unpaired) electrons. The van der Waals surface area contributed by atoms with Gasteiger partial charge < -0.3 is 10.1 Å². The molecule has 1 heterocycles. The van der Waals surface area contributed by atoms with E-state index in [0.29, 0.717) is 13.1 Å². The summed E-state index contributed by atoms with van der Waals surface area (Å²) in [4.78, 5) is 0. The van der Waals surface area contributed by atoms with Crippen molar-refractivity contribution in [2.24, 2.45) is 0 Å². The van der Waals surface area contributed by atoms with E-state index in [1.807, 2.05) is 0 Å². The maximum absolute atomic E-state index is 12.4. The molecule has 1 fully saturated rings. The molecule has 1 aliphatic heterocycles. The van der Waals surface area contributed by atoms with E-state index in [9.17, 15) is 4.39 Å². The maximum atomic E-state index is 12.4. The van der Waals surface area contributed by atoms with Crippen LogP contribution in [-0.4, -0.2) is 32.5 Å². The zero-order valence-corrected chi connectivity index (χ0v) is 4.86. The van der Waals surface area contributed by atoms with Crippen molar-refractivity contribution in [1.29, 1.82) is 0 Å². The Morgan fingerprint density at radius 3 is 2.75 bits per heavy atom. The van der Waals surface area contributed by atoms with Crippen molar-refractivity contribution in [3.63, 3.8) is 0 Å². The zero-order valence-electron chi connectivity index (χ0n) is 4.86. The molecule has 0 aromatic rings. The lowest BCUT2D eigenvalue weighted by Gasteiger charge is -2.06. The van der Waals surface area contributed by atoms with Crippen LogP contribution in [0.1, 0.15) is 1.43 Å². The minimum atomic E-state index is -0.806. The van der Waals surface area contributed by atoms with E-state index < -0.39 is 6.17 Å². The average Bonchev–Trinajstić information content (AvgIpc) is 2.14. The van der Waals surface area contributed by atoms with E-state index in [2.05, 4.69) is 5.32 Å². The quantitative estimate of drug-likeness (QED) is 0.534. The summed E-state index contributed by atoms with van der Waals surface area (Å²) in [6.07, 6.45) is -1.02. The number of hydrogen-bond acceptors (Lipinski definition) is 2. The maximum Gasteiger partial charge on any atom is 0.140 e. The summed E-state index contributed by atoms with van der Waals surface area (Å²) in [7, 11) is 1.53. The van der Waals surface area contributed by atoms with E-state index in [1.165, 1.54) is 7.11 Å². The molecule has 0 spiro atoms. The van der Waals surface area contributed by atoms with Crippen LogP contribution in [0, 0.1) is 0 Å². The fourth-order valence-electron chi connectivity index (χ4n) is 0.854. The number of halogens is 1. The van der Waals surface area contributed by atoms with Gasteiger partial charge in [0.15, 0.2) is 0 Å². The van der Waals surface area contributed by atoms with Crippen LogP contribution in [0.15, 0.2) is 0 Å². The van der Waals surface area contributed by atoms with Crippen molar-refractivity contribution in [3.05, 3.63) is 0 Å². The van der Waals surface area contributed by atoms with Gasteiger partial charge in [-0.1, -0.05) is 0 Å². The lowest BCUT2D eigenvalue weighted by molar-refractivity contribution is 0.0647. The van der Waals surface area contributed by atoms with Crippen molar-refractivity contribution in [1.82, 2.24) is 5.32 Å². The zero-order chi connectivity index (χ0) is 5.98. The van der Waals surface area contributed by atoms with Gasteiger partial charge in [0.25, 0.3) is 0 Å². The van der Waals surface area contributed by atoms with Gasteiger partial charge in [-0.05, 0) is 0 Å². The Hall–Kier alpha value is -0.150. The fourth-order valence-corrected chi connectivity index (χ4v) is 0.854. The van der Waals surface area contributed by atoms with Crippen LogP contribution < -0.4 is 5.32 Å². The summed E-state index contributed by atoms with van der Waals surface area (Å²) in [6, 6.07) is 0. The van der Waals surface area contributed by atoms with Gasteiger partial charge in [-0.15, -0.1) is 0 Å². The highest BCUT2D eigenvalue weighted by Crippen LogP contribution is 2.06. The molecule has 0 amide bonds. The summed E-state index contributed by atoms with van der Waals surface area (Å²) in [5, 5.41) is 2.87. The van der Waals surface area contributed by atoms with Gasteiger partial charge in [0.2, 0.25) is 0 Å². The van der Waals surface area contributed by atoms with Gasteiger partial charge in [0, 0.05) is 21.6 Å². The third-order valence-corrected chi connectivity index (χ3v) is 1.39. The summed E-state index contributed by atoms with van der Waals surface area (Å²) in [6.45, 7) is 1.09. The predicted octanol–water partition coefficient (Wildman–Crippen LogP) is 0.189. The molecule has 1 rings (SSSR count). The highest BCUT2D eigenvalue weighted by atomic mass is 19.1. The Morgan fingerprint density at radius 2 is 2.50 bits per heavy atom. The second kappa shape index (κ2) is 2.42. The van der Waals surface area contributed by atoms with Gasteiger partial charge in [0.05, 0.1) is 0 Å². The summed E-state index contributed by atoms with van der Waals surface area (Å²) in [5.74, 6) is 0. The van der Waals surface area contributed by atoms with Gasteiger partial charge in [-0.3, -0.25) is 0 Å². The minimum Gasteiger partial charge on any atom is -0.377 e. The monoisotopic (exact) mass is 121 g/mol. The average molecular weight is 121 g/mol. The van der Waals surface area contributed by atoms with Crippen LogP contribution in [0.5, 0.6) is 0 Å². The number of rotatable bonds is 1. The first-order valence-electron chi connectivity index (χ1n) is 2.72. The highest BCUT2D eigenvalue weighted by Gasteiger charge is 2.25. The molecule has 1 aliphatic rings. The SMILES string of the molecule is CO[C@@H]1CNC[C@H]1F.[HH]. The lowest BCUT2D eigenvalue weighted by atomic mass is 10.3. The van der Waals surface area contributed by atoms with Gasteiger partial charge in [-0.25, -0.2) is 4.39 Å². The Kier molecular flexibility index (Phi) is 1.81. The smallest absolute Gasteiger partial charge is 0.140 e. The Morgan fingerprint density at radius 1 is 1.75 bits per heavy atom. The number of alkyl halides is 1. The summed E-state index contributed by atoms with van der Waals surface area (Å²) in [5.41, 5.74) is 0. The van der Waals surface area contributed by atoms with E-state index in [4.69, 9.17) is 4.74 Å². The summed E-state index contributed by atoms with van der Waals surface area (Å²) >= 11 is 0. The third kappa shape index (κ3) is 0.980.